The minimum atomic E-state index is -0.426. The van der Waals surface area contributed by atoms with Gasteiger partial charge in [0.1, 0.15) is 5.75 Å². The molecular formula is C18H16Cl4N2O3. The number of rotatable bonds is 7. The van der Waals surface area contributed by atoms with Crippen molar-refractivity contribution < 1.29 is 14.3 Å². The fraction of sp³-hybridized carbons (Fsp3) is 0.222. The predicted octanol–water partition coefficient (Wildman–Crippen LogP) is 5.17. The highest BCUT2D eigenvalue weighted by Gasteiger charge is 2.18. The maximum atomic E-state index is 12.3. The Morgan fingerprint density at radius 2 is 1.70 bits per heavy atom. The van der Waals surface area contributed by atoms with Gasteiger partial charge in [0.2, 0.25) is 5.91 Å². The molecule has 0 aliphatic carbocycles. The Morgan fingerprint density at radius 3 is 2.30 bits per heavy atom. The highest BCUT2D eigenvalue weighted by atomic mass is 35.5. The number of anilines is 1. The van der Waals surface area contributed by atoms with Crippen molar-refractivity contribution in [2.75, 3.05) is 25.0 Å². The predicted molar refractivity (Wildman–Crippen MR) is 109 cm³/mol. The Morgan fingerprint density at radius 1 is 1.04 bits per heavy atom. The molecule has 0 saturated heterocycles. The van der Waals surface area contributed by atoms with Crippen LogP contribution in [0.1, 0.15) is 6.92 Å². The molecule has 0 radical (unpaired) electrons. The lowest BCUT2D eigenvalue weighted by Gasteiger charge is -2.21. The van der Waals surface area contributed by atoms with E-state index in [9.17, 15) is 9.59 Å². The van der Waals surface area contributed by atoms with Crippen molar-refractivity contribution in [1.29, 1.82) is 0 Å². The van der Waals surface area contributed by atoms with Crippen molar-refractivity contribution in [3.05, 3.63) is 56.5 Å². The number of hydrogen-bond acceptors (Lipinski definition) is 3. The molecule has 0 fully saturated rings. The number of hydrogen-bond donors (Lipinski definition) is 1. The van der Waals surface area contributed by atoms with Gasteiger partial charge in [0.15, 0.2) is 6.61 Å². The molecule has 0 bridgehead atoms. The Hall–Kier alpha value is -1.66. The molecular weight excluding hydrogens is 434 g/mol. The topological polar surface area (TPSA) is 58.6 Å². The summed E-state index contributed by atoms with van der Waals surface area (Å²) in [6.07, 6.45) is 0. The maximum absolute atomic E-state index is 12.3. The summed E-state index contributed by atoms with van der Waals surface area (Å²) in [7, 11) is 0. The van der Waals surface area contributed by atoms with Gasteiger partial charge in [0.05, 0.1) is 27.3 Å². The van der Waals surface area contributed by atoms with Crippen LogP contribution in [-0.4, -0.2) is 36.4 Å². The first-order valence-corrected chi connectivity index (χ1v) is 9.42. The van der Waals surface area contributed by atoms with Gasteiger partial charge in [-0.2, -0.15) is 0 Å². The second-order valence-corrected chi connectivity index (χ2v) is 7.07. The van der Waals surface area contributed by atoms with Crippen LogP contribution in [0.5, 0.6) is 5.75 Å². The average Bonchev–Trinajstić information content (AvgIpc) is 2.62. The number of nitrogens with one attached hydrogen (secondary N) is 1. The van der Waals surface area contributed by atoms with E-state index in [1.165, 1.54) is 11.0 Å². The zero-order valence-corrected chi connectivity index (χ0v) is 17.3. The number of carbonyl (C=O) groups excluding carboxylic acids is 2. The summed E-state index contributed by atoms with van der Waals surface area (Å²) in [6, 6.07) is 9.57. The third-order valence-electron chi connectivity index (χ3n) is 3.54. The van der Waals surface area contributed by atoms with Crippen LogP contribution in [0.4, 0.5) is 5.69 Å². The number of amides is 2. The largest absolute Gasteiger partial charge is 0.482 e. The molecule has 9 heteroatoms. The summed E-state index contributed by atoms with van der Waals surface area (Å²) in [4.78, 5) is 25.9. The second-order valence-electron chi connectivity index (χ2n) is 5.42. The first-order valence-electron chi connectivity index (χ1n) is 7.91. The molecule has 0 saturated carbocycles. The summed E-state index contributed by atoms with van der Waals surface area (Å²) in [5, 5.41) is 3.99. The number of para-hydroxylation sites is 1. The van der Waals surface area contributed by atoms with Gasteiger partial charge in [0, 0.05) is 11.6 Å². The molecule has 2 rings (SSSR count). The molecule has 5 nitrogen and oxygen atoms in total. The zero-order chi connectivity index (χ0) is 20.0. The van der Waals surface area contributed by atoms with Crippen LogP contribution in [0.15, 0.2) is 36.4 Å². The monoisotopic (exact) mass is 448 g/mol. The minimum Gasteiger partial charge on any atom is -0.482 e. The van der Waals surface area contributed by atoms with Gasteiger partial charge < -0.3 is 15.0 Å². The van der Waals surface area contributed by atoms with E-state index in [0.717, 1.165) is 0 Å². The number of nitrogens with zero attached hydrogens (tertiary/aromatic N) is 1. The normalized spacial score (nSPS) is 10.4. The van der Waals surface area contributed by atoms with Crippen LogP contribution in [-0.2, 0) is 9.59 Å². The molecule has 0 aliphatic rings. The van der Waals surface area contributed by atoms with E-state index in [0.29, 0.717) is 38.1 Å². The molecule has 2 aromatic rings. The molecule has 0 spiro atoms. The fourth-order valence-corrected chi connectivity index (χ4v) is 3.12. The lowest BCUT2D eigenvalue weighted by molar-refractivity contribution is -0.136. The molecule has 1 N–H and O–H groups in total. The molecule has 27 heavy (non-hydrogen) atoms. The van der Waals surface area contributed by atoms with E-state index in [4.69, 9.17) is 51.1 Å². The molecule has 0 aromatic heterocycles. The van der Waals surface area contributed by atoms with Gasteiger partial charge >= 0.3 is 0 Å². The number of benzene rings is 2. The van der Waals surface area contributed by atoms with Gasteiger partial charge in [-0.15, -0.1) is 0 Å². The summed E-state index contributed by atoms with van der Waals surface area (Å²) in [5.41, 5.74) is 0.304. The van der Waals surface area contributed by atoms with Gasteiger partial charge in [-0.1, -0.05) is 52.5 Å². The van der Waals surface area contributed by atoms with E-state index in [1.807, 2.05) is 0 Å². The van der Waals surface area contributed by atoms with Crippen LogP contribution in [0.3, 0.4) is 0 Å². The smallest absolute Gasteiger partial charge is 0.260 e. The van der Waals surface area contributed by atoms with Crippen LogP contribution in [0.25, 0.3) is 0 Å². The fourth-order valence-electron chi connectivity index (χ4n) is 2.17. The highest BCUT2D eigenvalue weighted by Crippen LogP contribution is 2.30. The summed E-state index contributed by atoms with van der Waals surface area (Å²) >= 11 is 23.9. The van der Waals surface area contributed by atoms with Crippen molar-refractivity contribution in [3.8, 4) is 5.75 Å². The van der Waals surface area contributed by atoms with Crippen molar-refractivity contribution in [3.63, 3.8) is 0 Å². The highest BCUT2D eigenvalue weighted by molar-refractivity contribution is 6.39. The SMILES string of the molecule is CCN(CC(=O)Nc1c(Cl)cccc1Cl)C(=O)COc1ccc(Cl)cc1Cl. The lowest BCUT2D eigenvalue weighted by Crippen LogP contribution is -2.40. The van der Waals surface area contributed by atoms with E-state index < -0.39 is 5.91 Å². The quantitative estimate of drug-likeness (QED) is 0.634. The summed E-state index contributed by atoms with van der Waals surface area (Å²) in [5.74, 6) is -0.466. The number of carbonyl (C=O) groups is 2. The van der Waals surface area contributed by atoms with Gasteiger partial charge in [-0.05, 0) is 37.3 Å². The van der Waals surface area contributed by atoms with Crippen molar-refractivity contribution in [2.45, 2.75) is 6.92 Å². The van der Waals surface area contributed by atoms with Crippen LogP contribution < -0.4 is 10.1 Å². The third-order valence-corrected chi connectivity index (χ3v) is 4.70. The van der Waals surface area contributed by atoms with Gasteiger partial charge in [-0.25, -0.2) is 0 Å². The van der Waals surface area contributed by atoms with Crippen molar-refractivity contribution in [1.82, 2.24) is 4.90 Å². The third kappa shape index (κ3) is 6.18. The Balaban J connectivity index is 1.95. The lowest BCUT2D eigenvalue weighted by atomic mass is 10.3. The first-order chi connectivity index (χ1) is 12.8. The van der Waals surface area contributed by atoms with E-state index in [2.05, 4.69) is 5.32 Å². The Kier molecular flexibility index (Phi) is 8.05. The number of halogens is 4. The summed E-state index contributed by atoms with van der Waals surface area (Å²) in [6.45, 7) is 1.63. The molecule has 0 unspecified atom stereocenters. The molecule has 2 aromatic carbocycles. The van der Waals surface area contributed by atoms with Crippen molar-refractivity contribution in [2.24, 2.45) is 0 Å². The van der Waals surface area contributed by atoms with Gasteiger partial charge in [-0.3, -0.25) is 9.59 Å². The standard InChI is InChI=1S/C18H16Cl4N2O3/c1-2-24(9-16(25)23-18-12(20)4-3-5-13(18)21)17(26)10-27-15-7-6-11(19)8-14(15)22/h3-8H,2,9-10H2,1H3,(H,23,25). The van der Waals surface area contributed by atoms with Crippen LogP contribution >= 0.6 is 46.4 Å². The second kappa shape index (κ2) is 10.0. The van der Waals surface area contributed by atoms with Crippen molar-refractivity contribution >= 4 is 63.9 Å². The Labute approximate surface area is 177 Å². The first kappa shape index (κ1) is 21.6. The zero-order valence-electron chi connectivity index (χ0n) is 14.3. The molecule has 0 heterocycles. The van der Waals surface area contributed by atoms with Crippen LogP contribution in [0, 0.1) is 0 Å². The van der Waals surface area contributed by atoms with Gasteiger partial charge in [0.25, 0.3) is 5.91 Å². The van der Waals surface area contributed by atoms with E-state index in [-0.39, 0.29) is 19.1 Å². The van der Waals surface area contributed by atoms with E-state index in [1.54, 1.807) is 37.3 Å². The summed E-state index contributed by atoms with van der Waals surface area (Å²) < 4.78 is 5.42. The Bertz CT molecular complexity index is 825. The van der Waals surface area contributed by atoms with Crippen LogP contribution in [0.2, 0.25) is 20.1 Å². The molecule has 0 atom stereocenters. The van der Waals surface area contributed by atoms with E-state index >= 15 is 0 Å². The minimum absolute atomic E-state index is 0.172. The number of likely N-dealkylation sites (N-methyl/N-ethyl adjacent to an activating group) is 1. The molecule has 2 amide bonds. The molecule has 0 aliphatic heterocycles. The number of ether oxygens (including phenoxy) is 1. The molecule has 144 valence electrons. The maximum Gasteiger partial charge on any atom is 0.260 e. The average molecular weight is 450 g/mol.